The van der Waals surface area contributed by atoms with Crippen molar-refractivity contribution in [3.8, 4) is 11.6 Å². The maximum atomic E-state index is 9.46. The summed E-state index contributed by atoms with van der Waals surface area (Å²) in [6, 6.07) is 3.92. The van der Waals surface area contributed by atoms with Crippen LogP contribution in [0.3, 0.4) is 0 Å². The Bertz CT molecular complexity index is 338. The molecule has 4 heteroatoms. The molecule has 2 rings (SSSR count). The summed E-state index contributed by atoms with van der Waals surface area (Å²) in [5, 5.41) is 13.0. The van der Waals surface area contributed by atoms with Crippen molar-refractivity contribution >= 4 is 0 Å². The third-order valence-corrected chi connectivity index (χ3v) is 3.10. The highest BCUT2D eigenvalue weighted by Gasteiger charge is 2.11. The molecule has 0 bridgehead atoms. The number of nitrogens with one attached hydrogen (secondary N) is 1. The minimum absolute atomic E-state index is 0.114. The quantitative estimate of drug-likeness (QED) is 0.769. The second-order valence-electron chi connectivity index (χ2n) is 4.47. The molecule has 1 aliphatic rings. The van der Waals surface area contributed by atoms with E-state index in [1.807, 2.05) is 0 Å². The van der Waals surface area contributed by atoms with Gasteiger partial charge in [-0.25, -0.2) is 4.98 Å². The van der Waals surface area contributed by atoms with Crippen LogP contribution >= 0.6 is 0 Å². The first kappa shape index (κ1) is 12.2. The van der Waals surface area contributed by atoms with Gasteiger partial charge in [0.25, 0.3) is 5.88 Å². The number of piperidine rings is 1. The summed E-state index contributed by atoms with van der Waals surface area (Å²) in [4.78, 5) is 3.97. The van der Waals surface area contributed by atoms with Crippen molar-refractivity contribution in [1.82, 2.24) is 10.3 Å². The maximum absolute atomic E-state index is 9.46. The number of aromatic nitrogens is 1. The Labute approximate surface area is 102 Å². The number of nitrogens with zero attached hydrogens (tertiary/aromatic N) is 1. The van der Waals surface area contributed by atoms with Gasteiger partial charge in [0.2, 0.25) is 0 Å². The third kappa shape index (κ3) is 3.89. The smallest absolute Gasteiger partial charge is 0.256 e. The van der Waals surface area contributed by atoms with E-state index in [1.165, 1.54) is 19.3 Å². The molecule has 94 valence electrons. The summed E-state index contributed by atoms with van der Waals surface area (Å²) >= 11 is 0. The van der Waals surface area contributed by atoms with Crippen LogP contribution < -0.4 is 10.1 Å². The molecule has 1 saturated heterocycles. The van der Waals surface area contributed by atoms with Crippen LogP contribution in [0.25, 0.3) is 0 Å². The predicted octanol–water partition coefficient (Wildman–Crippen LogP) is 2.09. The average molecular weight is 236 g/mol. The van der Waals surface area contributed by atoms with Crippen LogP contribution in [0, 0.1) is 0 Å². The molecule has 0 spiro atoms. The zero-order valence-corrected chi connectivity index (χ0v) is 10.1. The highest BCUT2D eigenvalue weighted by molar-refractivity contribution is 5.30. The van der Waals surface area contributed by atoms with Crippen molar-refractivity contribution in [2.45, 2.75) is 38.1 Å². The van der Waals surface area contributed by atoms with Crippen LogP contribution in [0.15, 0.2) is 18.3 Å². The van der Waals surface area contributed by atoms with Gasteiger partial charge in [0.05, 0.1) is 6.61 Å². The molecule has 17 heavy (non-hydrogen) atoms. The summed E-state index contributed by atoms with van der Waals surface area (Å²) < 4.78 is 5.44. The molecule has 0 aliphatic carbocycles. The molecule has 0 radical (unpaired) electrons. The van der Waals surface area contributed by atoms with Crippen molar-refractivity contribution in [2.24, 2.45) is 0 Å². The molecule has 4 nitrogen and oxygen atoms in total. The van der Waals surface area contributed by atoms with E-state index in [2.05, 4.69) is 10.3 Å². The van der Waals surface area contributed by atoms with Crippen LogP contribution in [-0.4, -0.2) is 29.3 Å². The molecule has 2 heterocycles. The van der Waals surface area contributed by atoms with E-state index >= 15 is 0 Å². The van der Waals surface area contributed by atoms with E-state index in [0.717, 1.165) is 19.4 Å². The Morgan fingerprint density at radius 1 is 1.47 bits per heavy atom. The first-order valence-electron chi connectivity index (χ1n) is 6.36. The fraction of sp³-hybridized carbons (Fsp3) is 0.615. The Balaban J connectivity index is 1.64. The van der Waals surface area contributed by atoms with Gasteiger partial charge in [0, 0.05) is 12.2 Å². The molecule has 1 fully saturated rings. The first-order chi connectivity index (χ1) is 8.36. The van der Waals surface area contributed by atoms with Crippen LogP contribution in [0.5, 0.6) is 11.6 Å². The number of hydrogen-bond acceptors (Lipinski definition) is 4. The van der Waals surface area contributed by atoms with Gasteiger partial charge in [-0.15, -0.1) is 0 Å². The van der Waals surface area contributed by atoms with Crippen LogP contribution in [-0.2, 0) is 0 Å². The highest BCUT2D eigenvalue weighted by atomic mass is 16.5. The van der Waals surface area contributed by atoms with E-state index in [0.29, 0.717) is 18.5 Å². The summed E-state index contributed by atoms with van der Waals surface area (Å²) in [6.07, 6.45) is 7.65. The van der Waals surface area contributed by atoms with Gasteiger partial charge in [0.15, 0.2) is 5.75 Å². The van der Waals surface area contributed by atoms with Crippen molar-refractivity contribution in [3.63, 3.8) is 0 Å². The van der Waals surface area contributed by atoms with Crippen LogP contribution in [0.2, 0.25) is 0 Å². The fourth-order valence-electron chi connectivity index (χ4n) is 2.16. The summed E-state index contributed by atoms with van der Waals surface area (Å²) in [5.41, 5.74) is 0. The van der Waals surface area contributed by atoms with Crippen molar-refractivity contribution in [1.29, 1.82) is 0 Å². The minimum Gasteiger partial charge on any atom is -0.503 e. The molecule has 1 aromatic heterocycles. The lowest BCUT2D eigenvalue weighted by atomic mass is 10.0. The summed E-state index contributed by atoms with van der Waals surface area (Å²) in [5.74, 6) is 0.451. The van der Waals surface area contributed by atoms with Crippen molar-refractivity contribution in [3.05, 3.63) is 18.3 Å². The second kappa shape index (κ2) is 6.45. The average Bonchev–Trinajstić information content (AvgIpc) is 2.38. The number of rotatable bonds is 5. The van der Waals surface area contributed by atoms with Gasteiger partial charge < -0.3 is 15.2 Å². The number of aromatic hydroxyl groups is 1. The lowest BCUT2D eigenvalue weighted by molar-refractivity contribution is 0.264. The highest BCUT2D eigenvalue weighted by Crippen LogP contribution is 2.21. The number of pyridine rings is 1. The molecular formula is C13H20N2O2. The Morgan fingerprint density at radius 2 is 2.41 bits per heavy atom. The molecule has 1 aliphatic heterocycles. The van der Waals surface area contributed by atoms with E-state index in [9.17, 15) is 5.11 Å². The molecule has 0 unspecified atom stereocenters. The summed E-state index contributed by atoms with van der Waals surface area (Å²) in [6.45, 7) is 1.76. The van der Waals surface area contributed by atoms with Gasteiger partial charge in [-0.1, -0.05) is 6.42 Å². The van der Waals surface area contributed by atoms with Crippen molar-refractivity contribution < 1.29 is 9.84 Å². The Hall–Kier alpha value is -1.29. The molecular weight excluding hydrogens is 216 g/mol. The van der Waals surface area contributed by atoms with Crippen LogP contribution in [0.4, 0.5) is 0 Å². The van der Waals surface area contributed by atoms with E-state index in [4.69, 9.17) is 4.74 Å². The first-order valence-corrected chi connectivity index (χ1v) is 6.36. The zero-order valence-electron chi connectivity index (χ0n) is 10.1. The lowest BCUT2D eigenvalue weighted by Gasteiger charge is -2.23. The zero-order chi connectivity index (χ0) is 11.9. The fourth-order valence-corrected chi connectivity index (χ4v) is 2.16. The van der Waals surface area contributed by atoms with E-state index in [-0.39, 0.29) is 5.75 Å². The number of hydrogen-bond donors (Lipinski definition) is 2. The van der Waals surface area contributed by atoms with E-state index < -0.39 is 0 Å². The topological polar surface area (TPSA) is 54.4 Å². The van der Waals surface area contributed by atoms with Crippen molar-refractivity contribution in [2.75, 3.05) is 13.2 Å². The van der Waals surface area contributed by atoms with Gasteiger partial charge in [-0.05, 0) is 44.4 Å². The standard InChI is InChI=1S/C13H20N2O2/c16-12-7-3-9-15-13(12)17-10-4-6-11-5-1-2-8-14-11/h3,7,9,11,14,16H,1-2,4-6,8,10H2/t11-/m0/s1. The summed E-state index contributed by atoms with van der Waals surface area (Å²) in [7, 11) is 0. The molecule has 0 aromatic carbocycles. The minimum atomic E-state index is 0.114. The van der Waals surface area contributed by atoms with Crippen LogP contribution in [0.1, 0.15) is 32.1 Å². The molecule has 1 aromatic rings. The van der Waals surface area contributed by atoms with Gasteiger partial charge in [-0.2, -0.15) is 0 Å². The molecule has 2 N–H and O–H groups in total. The Morgan fingerprint density at radius 3 is 3.18 bits per heavy atom. The molecule has 0 saturated carbocycles. The SMILES string of the molecule is Oc1cccnc1OCCC[C@@H]1CCCCN1. The predicted molar refractivity (Wildman–Crippen MR) is 66.3 cm³/mol. The molecule has 1 atom stereocenters. The maximum Gasteiger partial charge on any atom is 0.256 e. The largest absolute Gasteiger partial charge is 0.503 e. The third-order valence-electron chi connectivity index (χ3n) is 3.10. The van der Waals surface area contributed by atoms with Gasteiger partial charge in [-0.3, -0.25) is 0 Å². The molecule has 0 amide bonds. The monoisotopic (exact) mass is 236 g/mol. The number of ether oxygens (including phenoxy) is 1. The normalized spacial score (nSPS) is 20.1. The van der Waals surface area contributed by atoms with Gasteiger partial charge >= 0.3 is 0 Å². The van der Waals surface area contributed by atoms with E-state index in [1.54, 1.807) is 18.3 Å². The lowest BCUT2D eigenvalue weighted by Crippen LogP contribution is -2.34. The van der Waals surface area contributed by atoms with Gasteiger partial charge in [0.1, 0.15) is 0 Å². The second-order valence-corrected chi connectivity index (χ2v) is 4.47. The Kier molecular flexibility index (Phi) is 4.62.